The highest BCUT2D eigenvalue weighted by atomic mass is 35.5. The molecule has 0 radical (unpaired) electrons. The zero-order valence-electron chi connectivity index (χ0n) is 14.3. The topological polar surface area (TPSA) is 57.8 Å². The normalized spacial score (nSPS) is 12.4. The third-order valence-corrected chi connectivity index (χ3v) is 6.83. The first-order chi connectivity index (χ1) is 12.7. The predicted octanol–water partition coefficient (Wildman–Crippen LogP) is 5.12. The van der Waals surface area contributed by atoms with E-state index in [1.165, 1.54) is 4.88 Å². The molecule has 1 amide bonds. The van der Waals surface area contributed by atoms with Gasteiger partial charge in [0.1, 0.15) is 5.82 Å². The largest absolute Gasteiger partial charge is 0.345 e. The maximum atomic E-state index is 12.4. The SMILES string of the molecule is CSCCC(NC(=O)CSCc1ccc(Cl)s1)c1nc2ccccc2[nH]1. The van der Waals surface area contributed by atoms with E-state index in [4.69, 9.17) is 11.6 Å². The zero-order chi connectivity index (χ0) is 18.4. The van der Waals surface area contributed by atoms with Gasteiger partial charge in [0.25, 0.3) is 0 Å². The number of carbonyl (C=O) groups excluding carboxylic acids is 1. The molecular weight excluding hydrogens is 406 g/mol. The summed E-state index contributed by atoms with van der Waals surface area (Å²) in [7, 11) is 0. The number of nitrogens with one attached hydrogen (secondary N) is 2. The number of hydrogen-bond donors (Lipinski definition) is 2. The van der Waals surface area contributed by atoms with Gasteiger partial charge in [-0.1, -0.05) is 23.7 Å². The van der Waals surface area contributed by atoms with Gasteiger partial charge in [-0.15, -0.1) is 23.1 Å². The molecule has 0 aliphatic rings. The number of thioether (sulfide) groups is 2. The van der Waals surface area contributed by atoms with Crippen LogP contribution in [0.1, 0.15) is 23.2 Å². The second-order valence-electron chi connectivity index (χ2n) is 5.74. The number of rotatable bonds is 9. The Bertz CT molecular complexity index is 831. The van der Waals surface area contributed by atoms with E-state index in [2.05, 4.69) is 21.5 Å². The van der Waals surface area contributed by atoms with Crippen molar-refractivity contribution in [3.63, 3.8) is 0 Å². The molecule has 0 saturated heterocycles. The van der Waals surface area contributed by atoms with E-state index >= 15 is 0 Å². The Labute approximate surface area is 170 Å². The van der Waals surface area contributed by atoms with Crippen LogP contribution in [-0.2, 0) is 10.5 Å². The van der Waals surface area contributed by atoms with E-state index in [1.54, 1.807) is 34.9 Å². The minimum atomic E-state index is -0.0980. The molecule has 3 aromatic rings. The molecule has 2 N–H and O–H groups in total. The van der Waals surface area contributed by atoms with Gasteiger partial charge in [-0.25, -0.2) is 4.98 Å². The third-order valence-electron chi connectivity index (χ3n) is 3.79. The summed E-state index contributed by atoms with van der Waals surface area (Å²) >= 11 is 10.9. The second-order valence-corrected chi connectivity index (χ2v) is 9.51. The Morgan fingerprint density at radius 1 is 1.35 bits per heavy atom. The molecule has 1 unspecified atom stereocenters. The molecule has 0 spiro atoms. The maximum absolute atomic E-state index is 12.4. The number of benzene rings is 1. The molecule has 26 heavy (non-hydrogen) atoms. The first kappa shape index (κ1) is 19.6. The highest BCUT2D eigenvalue weighted by Gasteiger charge is 2.18. The van der Waals surface area contributed by atoms with E-state index in [1.807, 2.05) is 36.4 Å². The lowest BCUT2D eigenvalue weighted by molar-refractivity contribution is -0.119. The first-order valence-electron chi connectivity index (χ1n) is 8.20. The van der Waals surface area contributed by atoms with Crippen LogP contribution in [0, 0.1) is 0 Å². The number of thiophene rings is 1. The number of carbonyl (C=O) groups is 1. The van der Waals surface area contributed by atoms with Gasteiger partial charge in [0.15, 0.2) is 0 Å². The summed E-state index contributed by atoms with van der Waals surface area (Å²) in [6.45, 7) is 0. The fourth-order valence-corrected chi connectivity index (χ4v) is 5.07. The summed E-state index contributed by atoms with van der Waals surface area (Å²) in [5, 5.41) is 3.13. The lowest BCUT2D eigenvalue weighted by Gasteiger charge is -2.16. The van der Waals surface area contributed by atoms with Crippen LogP contribution in [0.4, 0.5) is 0 Å². The number of imidazole rings is 1. The maximum Gasteiger partial charge on any atom is 0.230 e. The van der Waals surface area contributed by atoms with Crippen LogP contribution >= 0.6 is 46.5 Å². The summed E-state index contributed by atoms with van der Waals surface area (Å²) in [5.41, 5.74) is 1.92. The Kier molecular flexibility index (Phi) is 7.31. The lowest BCUT2D eigenvalue weighted by atomic mass is 10.2. The van der Waals surface area contributed by atoms with Crippen LogP contribution in [0.25, 0.3) is 11.0 Å². The van der Waals surface area contributed by atoms with Gasteiger partial charge in [-0.05, 0) is 42.7 Å². The summed E-state index contributed by atoms with van der Waals surface area (Å²) < 4.78 is 0.784. The second kappa shape index (κ2) is 9.69. The van der Waals surface area contributed by atoms with Gasteiger partial charge in [0.05, 0.1) is 27.2 Å². The van der Waals surface area contributed by atoms with Gasteiger partial charge in [0.2, 0.25) is 5.91 Å². The summed E-state index contributed by atoms with van der Waals surface area (Å²) in [4.78, 5) is 21.6. The number of amides is 1. The molecule has 4 nitrogen and oxygen atoms in total. The predicted molar refractivity (Wildman–Crippen MR) is 115 cm³/mol. The standard InChI is InChI=1S/C18H20ClN3OS3/c1-24-9-8-15(18-21-13-4-2-3-5-14(13)22-18)20-17(23)11-25-10-12-6-7-16(19)26-12/h2-7,15H,8-11H2,1H3,(H,20,23)(H,21,22). The van der Waals surface area contributed by atoms with Crippen LogP contribution in [0.3, 0.4) is 0 Å². The minimum absolute atomic E-state index is 0.0317. The average molecular weight is 426 g/mol. The van der Waals surface area contributed by atoms with Gasteiger partial charge < -0.3 is 10.3 Å². The molecule has 138 valence electrons. The lowest BCUT2D eigenvalue weighted by Crippen LogP contribution is -2.31. The molecule has 0 fully saturated rings. The van der Waals surface area contributed by atoms with Crippen LogP contribution in [0.5, 0.6) is 0 Å². The third kappa shape index (κ3) is 5.42. The van der Waals surface area contributed by atoms with Crippen molar-refractivity contribution in [2.45, 2.75) is 18.2 Å². The Morgan fingerprint density at radius 2 is 2.19 bits per heavy atom. The molecule has 1 aromatic carbocycles. The molecule has 0 bridgehead atoms. The van der Waals surface area contributed by atoms with Crippen LogP contribution in [0.2, 0.25) is 4.34 Å². The van der Waals surface area contributed by atoms with Crippen molar-refractivity contribution in [1.29, 1.82) is 0 Å². The fourth-order valence-electron chi connectivity index (χ4n) is 2.56. The van der Waals surface area contributed by atoms with Crippen molar-refractivity contribution in [2.24, 2.45) is 0 Å². The van der Waals surface area contributed by atoms with Crippen molar-refractivity contribution in [3.05, 3.63) is 51.4 Å². The zero-order valence-corrected chi connectivity index (χ0v) is 17.5. The summed E-state index contributed by atoms with van der Waals surface area (Å²) in [6.07, 6.45) is 2.91. The smallest absolute Gasteiger partial charge is 0.230 e. The van der Waals surface area contributed by atoms with Crippen molar-refractivity contribution >= 4 is 63.4 Å². The van der Waals surface area contributed by atoms with Gasteiger partial charge >= 0.3 is 0 Å². The van der Waals surface area contributed by atoms with E-state index in [-0.39, 0.29) is 11.9 Å². The number of H-pyrrole nitrogens is 1. The van der Waals surface area contributed by atoms with Gasteiger partial charge in [0, 0.05) is 10.6 Å². The molecule has 0 aliphatic heterocycles. The monoisotopic (exact) mass is 425 g/mol. The summed E-state index contributed by atoms with van der Waals surface area (Å²) in [5.74, 6) is 3.03. The molecule has 3 rings (SSSR count). The van der Waals surface area contributed by atoms with Crippen molar-refractivity contribution in [2.75, 3.05) is 17.8 Å². The average Bonchev–Trinajstić information content (AvgIpc) is 3.24. The van der Waals surface area contributed by atoms with E-state index in [0.29, 0.717) is 5.75 Å². The number of fused-ring (bicyclic) bond motifs is 1. The quantitative estimate of drug-likeness (QED) is 0.499. The Hall–Kier alpha value is -1.15. The molecule has 0 saturated carbocycles. The summed E-state index contributed by atoms with van der Waals surface area (Å²) in [6, 6.07) is 11.7. The van der Waals surface area contributed by atoms with E-state index < -0.39 is 0 Å². The first-order valence-corrected chi connectivity index (χ1v) is 11.9. The molecule has 1 atom stereocenters. The molecule has 0 aliphatic carbocycles. The number of hydrogen-bond acceptors (Lipinski definition) is 5. The number of aromatic nitrogens is 2. The molecule has 2 heterocycles. The minimum Gasteiger partial charge on any atom is -0.345 e. The van der Waals surface area contributed by atoms with Gasteiger partial charge in [-0.3, -0.25) is 4.79 Å². The molecule has 8 heteroatoms. The fraction of sp³-hybridized carbons (Fsp3) is 0.333. The highest BCUT2D eigenvalue weighted by Crippen LogP contribution is 2.25. The number of halogens is 1. The van der Waals surface area contributed by atoms with Crippen molar-refractivity contribution < 1.29 is 4.79 Å². The van der Waals surface area contributed by atoms with Crippen molar-refractivity contribution in [1.82, 2.24) is 15.3 Å². The van der Waals surface area contributed by atoms with Crippen LogP contribution < -0.4 is 5.32 Å². The van der Waals surface area contributed by atoms with Crippen LogP contribution in [0.15, 0.2) is 36.4 Å². The Balaban J connectivity index is 1.59. The van der Waals surface area contributed by atoms with Gasteiger partial charge in [-0.2, -0.15) is 11.8 Å². The van der Waals surface area contributed by atoms with E-state index in [0.717, 1.165) is 39.1 Å². The molecular formula is C18H20ClN3OS3. The molecule has 2 aromatic heterocycles. The van der Waals surface area contributed by atoms with Crippen molar-refractivity contribution in [3.8, 4) is 0 Å². The highest BCUT2D eigenvalue weighted by molar-refractivity contribution is 7.99. The number of aromatic amines is 1. The van der Waals surface area contributed by atoms with E-state index in [9.17, 15) is 4.79 Å². The number of para-hydroxylation sites is 2. The number of nitrogens with zero attached hydrogens (tertiary/aromatic N) is 1. The van der Waals surface area contributed by atoms with Crippen LogP contribution in [-0.4, -0.2) is 33.6 Å². The Morgan fingerprint density at radius 3 is 2.92 bits per heavy atom.